The summed E-state index contributed by atoms with van der Waals surface area (Å²) in [4.78, 5) is 26.8. The number of carboxylic acids is 2. The Bertz CT molecular complexity index is 909. The van der Waals surface area contributed by atoms with Gasteiger partial charge in [-0.1, -0.05) is 19.8 Å². The van der Waals surface area contributed by atoms with Crippen molar-refractivity contribution in [2.24, 2.45) is 15.8 Å². The van der Waals surface area contributed by atoms with Crippen molar-refractivity contribution in [3.63, 3.8) is 0 Å². The molecule has 0 aliphatic carbocycles. The molecule has 1 heterocycles. The molecule has 1 unspecified atom stereocenters. The zero-order valence-corrected chi connectivity index (χ0v) is 17.5. The van der Waals surface area contributed by atoms with Crippen LogP contribution in [-0.4, -0.2) is 64.2 Å². The van der Waals surface area contributed by atoms with Crippen LogP contribution in [0.5, 0.6) is 5.75 Å². The Morgan fingerprint density at radius 2 is 2.06 bits per heavy atom. The van der Waals surface area contributed by atoms with Gasteiger partial charge in [0, 0.05) is 29.2 Å². The van der Waals surface area contributed by atoms with Gasteiger partial charge >= 0.3 is 11.9 Å². The summed E-state index contributed by atoms with van der Waals surface area (Å²) < 4.78 is 5.24. The molecule has 2 aromatic rings. The number of nitrogens with two attached hydrogens (primary N) is 1. The van der Waals surface area contributed by atoms with Crippen LogP contribution in [0.1, 0.15) is 38.2 Å². The maximum Gasteiger partial charge on any atom is 0.333 e. The summed E-state index contributed by atoms with van der Waals surface area (Å²) in [5, 5.41) is 29.3. The fourth-order valence-electron chi connectivity index (χ4n) is 2.37. The number of H-pyrrole nitrogens is 1. The molecule has 1 aromatic carbocycles. The number of hydrogen-bond donors (Lipinski definition) is 6. The van der Waals surface area contributed by atoms with E-state index in [9.17, 15) is 9.59 Å². The number of aliphatic carboxylic acids is 2. The van der Waals surface area contributed by atoms with Crippen LogP contribution in [0.2, 0.25) is 0 Å². The summed E-state index contributed by atoms with van der Waals surface area (Å²) in [6, 6.07) is 5.86. The number of methoxy groups -OCH3 is 1. The molecule has 2 rings (SSSR count). The fourth-order valence-corrected chi connectivity index (χ4v) is 2.37. The van der Waals surface area contributed by atoms with Crippen molar-refractivity contribution >= 4 is 35.0 Å². The van der Waals surface area contributed by atoms with E-state index in [1.165, 1.54) is 6.42 Å². The summed E-state index contributed by atoms with van der Waals surface area (Å²) in [7, 11) is 1.65. The number of nitrogens with zero attached hydrogens (tertiary/aromatic N) is 2. The molecule has 0 aliphatic rings. The number of hydrazone groups is 1. The van der Waals surface area contributed by atoms with E-state index in [0.717, 1.165) is 41.6 Å². The molecule has 1 aromatic heterocycles. The Morgan fingerprint density at radius 3 is 2.65 bits per heavy atom. The van der Waals surface area contributed by atoms with Crippen LogP contribution >= 0.6 is 0 Å². The van der Waals surface area contributed by atoms with E-state index >= 15 is 0 Å². The Hall–Kier alpha value is -3.60. The second-order valence-electron chi connectivity index (χ2n) is 6.45. The second kappa shape index (κ2) is 13.6. The van der Waals surface area contributed by atoms with Crippen LogP contribution < -0.4 is 15.9 Å². The number of carbonyl (C=O) groups is 2. The number of hydrogen-bond acceptors (Lipinski definition) is 6. The average molecular weight is 435 g/mol. The number of aromatic amines is 1. The Morgan fingerprint density at radius 1 is 1.32 bits per heavy atom. The first kappa shape index (κ1) is 25.4. The van der Waals surface area contributed by atoms with Gasteiger partial charge in [0.15, 0.2) is 6.10 Å². The number of fused-ring (bicyclic) bond motifs is 1. The zero-order chi connectivity index (χ0) is 23.2. The molecule has 11 nitrogen and oxygen atoms in total. The zero-order valence-electron chi connectivity index (χ0n) is 17.5. The quantitative estimate of drug-likeness (QED) is 0.140. The molecule has 0 fully saturated rings. The minimum absolute atomic E-state index is 0.338. The van der Waals surface area contributed by atoms with E-state index in [1.54, 1.807) is 13.3 Å². The third kappa shape index (κ3) is 9.63. The van der Waals surface area contributed by atoms with Gasteiger partial charge < -0.3 is 30.8 Å². The van der Waals surface area contributed by atoms with Crippen LogP contribution in [0.15, 0.2) is 34.5 Å². The molecule has 170 valence electrons. The molecule has 0 saturated heterocycles. The molecule has 11 heteroatoms. The van der Waals surface area contributed by atoms with Gasteiger partial charge in [-0.15, -0.1) is 0 Å². The van der Waals surface area contributed by atoms with Crippen LogP contribution in [-0.2, 0) is 9.59 Å². The lowest BCUT2D eigenvalue weighted by Crippen LogP contribution is -2.27. The number of aliphatic hydroxyl groups is 1. The highest BCUT2D eigenvalue weighted by atomic mass is 16.5. The fraction of sp³-hybridized carbons (Fsp3) is 0.400. The molecule has 31 heavy (non-hydrogen) atoms. The van der Waals surface area contributed by atoms with Gasteiger partial charge in [-0.2, -0.15) is 5.10 Å². The van der Waals surface area contributed by atoms with E-state index in [0.29, 0.717) is 5.96 Å². The topological polar surface area (TPSA) is 183 Å². The average Bonchev–Trinajstić information content (AvgIpc) is 3.13. The van der Waals surface area contributed by atoms with Crippen molar-refractivity contribution < 1.29 is 29.6 Å². The minimum atomic E-state index is -1.79. The van der Waals surface area contributed by atoms with Crippen LogP contribution in [0.25, 0.3) is 10.9 Å². The summed E-state index contributed by atoms with van der Waals surface area (Å²) in [6.07, 6.45) is 4.45. The van der Waals surface area contributed by atoms with E-state index in [1.807, 2.05) is 24.4 Å². The first-order valence-corrected chi connectivity index (χ1v) is 9.65. The van der Waals surface area contributed by atoms with Crippen molar-refractivity contribution in [3.05, 3.63) is 30.0 Å². The van der Waals surface area contributed by atoms with Gasteiger partial charge in [0.25, 0.3) is 0 Å². The number of ether oxygens (including phenoxy) is 1. The highest BCUT2D eigenvalue weighted by molar-refractivity contribution is 5.99. The Labute approximate surface area is 179 Å². The Balaban J connectivity index is 0.000000452. The van der Waals surface area contributed by atoms with E-state index in [4.69, 9.17) is 25.8 Å². The largest absolute Gasteiger partial charge is 0.497 e. The highest BCUT2D eigenvalue weighted by Gasteiger charge is 2.16. The van der Waals surface area contributed by atoms with Crippen molar-refractivity contribution in [3.8, 4) is 5.75 Å². The third-order valence-corrected chi connectivity index (χ3v) is 4.00. The molecule has 0 bridgehead atoms. The highest BCUT2D eigenvalue weighted by Crippen LogP contribution is 2.22. The smallest absolute Gasteiger partial charge is 0.333 e. The first-order valence-electron chi connectivity index (χ1n) is 9.65. The lowest BCUT2D eigenvalue weighted by molar-refractivity contribution is -0.152. The van der Waals surface area contributed by atoms with Gasteiger partial charge in [-0.05, 0) is 24.6 Å². The number of unbranched alkanes of at least 4 members (excludes halogenated alkanes) is 2. The van der Waals surface area contributed by atoms with Gasteiger partial charge in [-0.25, -0.2) is 10.2 Å². The second-order valence-corrected chi connectivity index (χ2v) is 6.45. The van der Waals surface area contributed by atoms with E-state index in [2.05, 4.69) is 27.4 Å². The SMILES string of the molecule is CCCCCN=C(N)N/N=C\c1c[nH]c2ccc(OC)cc12.O=C(O)CC(O)C(=O)O. The molecule has 0 aliphatic heterocycles. The number of benzene rings is 1. The molecular formula is C20H29N5O6. The number of aromatic nitrogens is 1. The molecular weight excluding hydrogens is 406 g/mol. The molecule has 0 radical (unpaired) electrons. The maximum atomic E-state index is 9.72. The number of rotatable bonds is 10. The summed E-state index contributed by atoms with van der Waals surface area (Å²) in [5.41, 5.74) is 10.5. The van der Waals surface area contributed by atoms with E-state index < -0.39 is 24.5 Å². The van der Waals surface area contributed by atoms with Crippen molar-refractivity contribution in [2.75, 3.05) is 13.7 Å². The lowest BCUT2D eigenvalue weighted by atomic mass is 10.2. The molecule has 1 atom stereocenters. The van der Waals surface area contributed by atoms with Gasteiger partial charge in [0.05, 0.1) is 19.7 Å². The van der Waals surface area contributed by atoms with Crippen LogP contribution in [0.4, 0.5) is 0 Å². The van der Waals surface area contributed by atoms with Crippen molar-refractivity contribution in [1.29, 1.82) is 0 Å². The van der Waals surface area contributed by atoms with Gasteiger partial charge in [0.2, 0.25) is 5.96 Å². The molecule has 0 spiro atoms. The number of nitrogens with one attached hydrogen (secondary N) is 2. The number of aliphatic imine (C=N–C) groups is 1. The van der Waals surface area contributed by atoms with Crippen molar-refractivity contribution in [1.82, 2.24) is 10.4 Å². The summed E-state index contributed by atoms with van der Waals surface area (Å²) in [5.74, 6) is -1.70. The number of carboxylic acid groups (broad SMARTS) is 2. The van der Waals surface area contributed by atoms with Crippen LogP contribution in [0.3, 0.4) is 0 Å². The number of aliphatic hydroxyl groups excluding tert-OH is 1. The van der Waals surface area contributed by atoms with E-state index in [-0.39, 0.29) is 0 Å². The minimum Gasteiger partial charge on any atom is -0.497 e. The normalized spacial score (nSPS) is 12.3. The number of guanidine groups is 1. The molecule has 0 amide bonds. The van der Waals surface area contributed by atoms with Crippen LogP contribution in [0, 0.1) is 0 Å². The van der Waals surface area contributed by atoms with Gasteiger partial charge in [-0.3, -0.25) is 9.79 Å². The first-order chi connectivity index (χ1) is 14.8. The molecule has 7 N–H and O–H groups in total. The standard InChI is InChI=1S/C16H23N5O.C4H6O5/c1-3-4-5-8-18-16(17)21-20-11-12-10-19-15-7-6-13(22-2)9-14(12)15;5-2(4(8)9)1-3(6)7/h6-7,9-11,19H,3-5,8H2,1-2H3,(H3,17,18,21);2,5H,1H2,(H,6,7)(H,8,9)/b20-11-;. The maximum absolute atomic E-state index is 9.72. The third-order valence-electron chi connectivity index (χ3n) is 4.00. The van der Waals surface area contributed by atoms with Gasteiger partial charge in [0.1, 0.15) is 5.75 Å². The Kier molecular flexibility index (Phi) is 11.2. The monoisotopic (exact) mass is 435 g/mol. The lowest BCUT2D eigenvalue weighted by Gasteiger charge is -2.00. The summed E-state index contributed by atoms with van der Waals surface area (Å²) in [6.45, 7) is 2.89. The predicted octanol–water partition coefficient (Wildman–Crippen LogP) is 1.51. The molecule has 0 saturated carbocycles. The summed E-state index contributed by atoms with van der Waals surface area (Å²) >= 11 is 0. The predicted molar refractivity (Wildman–Crippen MR) is 117 cm³/mol. The van der Waals surface area contributed by atoms with Crippen molar-refractivity contribution in [2.45, 2.75) is 38.7 Å².